The molecule has 4 N–H and O–H groups in total. The topological polar surface area (TPSA) is 125 Å². The third-order valence-corrected chi connectivity index (χ3v) is 7.19. The van der Waals surface area contributed by atoms with Crippen LogP contribution in [0.25, 0.3) is 11.1 Å². The predicted octanol–water partition coefficient (Wildman–Crippen LogP) is 3.28. The SMILES string of the molecule is O=C(O)CCC(NC(=O)OCC1c2ccccc2-c2ccccc21)C(=O)NCC1CCCC1CO. The van der Waals surface area contributed by atoms with Gasteiger partial charge in [-0.15, -0.1) is 0 Å². The van der Waals surface area contributed by atoms with E-state index in [0.717, 1.165) is 41.5 Å². The quantitative estimate of drug-likeness (QED) is 0.414. The molecule has 0 heterocycles. The minimum absolute atomic E-state index is 0.0422. The number of hydrogen-bond donors (Lipinski definition) is 4. The van der Waals surface area contributed by atoms with Crippen LogP contribution >= 0.6 is 0 Å². The zero-order valence-corrected chi connectivity index (χ0v) is 19.6. The summed E-state index contributed by atoms with van der Waals surface area (Å²) in [4.78, 5) is 36.5. The Labute approximate surface area is 204 Å². The molecular formula is C27H32N2O6. The van der Waals surface area contributed by atoms with Crippen molar-refractivity contribution in [3.8, 4) is 11.1 Å². The van der Waals surface area contributed by atoms with Crippen LogP contribution in [0.4, 0.5) is 4.79 Å². The number of carbonyl (C=O) groups is 3. The number of aliphatic carboxylic acids is 1. The summed E-state index contributed by atoms with van der Waals surface area (Å²) in [6.45, 7) is 0.578. The maximum Gasteiger partial charge on any atom is 0.407 e. The normalized spacial score (nSPS) is 19.5. The predicted molar refractivity (Wildman–Crippen MR) is 130 cm³/mol. The van der Waals surface area contributed by atoms with E-state index in [1.54, 1.807) is 0 Å². The molecular weight excluding hydrogens is 448 g/mol. The molecule has 0 spiro atoms. The minimum Gasteiger partial charge on any atom is -0.481 e. The lowest BCUT2D eigenvalue weighted by Gasteiger charge is -2.22. The molecule has 4 rings (SSSR count). The van der Waals surface area contributed by atoms with Crippen molar-refractivity contribution in [2.24, 2.45) is 11.8 Å². The van der Waals surface area contributed by atoms with Crippen LogP contribution in [0.15, 0.2) is 48.5 Å². The van der Waals surface area contributed by atoms with Gasteiger partial charge < -0.3 is 25.6 Å². The first-order valence-electron chi connectivity index (χ1n) is 12.2. The second-order valence-corrected chi connectivity index (χ2v) is 9.33. The molecule has 8 heteroatoms. The molecule has 35 heavy (non-hydrogen) atoms. The van der Waals surface area contributed by atoms with Crippen LogP contribution in [0.2, 0.25) is 0 Å². The zero-order chi connectivity index (χ0) is 24.8. The third-order valence-electron chi connectivity index (χ3n) is 7.19. The highest BCUT2D eigenvalue weighted by molar-refractivity contribution is 5.86. The number of nitrogens with one attached hydrogen (secondary N) is 2. The number of hydrogen-bond acceptors (Lipinski definition) is 5. The molecule has 1 saturated carbocycles. The Morgan fingerprint density at radius 3 is 2.23 bits per heavy atom. The fraction of sp³-hybridized carbons (Fsp3) is 0.444. The van der Waals surface area contributed by atoms with E-state index < -0.39 is 24.0 Å². The standard InChI is InChI=1S/C27H32N2O6/c30-15-18-7-5-6-17(18)14-28-26(33)24(12-13-25(31)32)29-27(34)35-16-23-21-10-3-1-8-19(21)20-9-2-4-11-22(20)23/h1-4,8-11,17-18,23-24,30H,5-7,12-16H2,(H,28,33)(H,29,34)(H,31,32). The molecule has 186 valence electrons. The van der Waals surface area contributed by atoms with Crippen LogP contribution in [0.3, 0.4) is 0 Å². The van der Waals surface area contributed by atoms with E-state index in [1.807, 2.05) is 48.5 Å². The summed E-state index contributed by atoms with van der Waals surface area (Å²) in [5.41, 5.74) is 4.39. The number of carboxylic acid groups (broad SMARTS) is 1. The number of carboxylic acids is 1. The van der Waals surface area contributed by atoms with Gasteiger partial charge in [0.05, 0.1) is 0 Å². The molecule has 0 aromatic heterocycles. The Kier molecular flexibility index (Phi) is 8.02. The third kappa shape index (κ3) is 5.82. The lowest BCUT2D eigenvalue weighted by Crippen LogP contribution is -2.48. The van der Waals surface area contributed by atoms with E-state index in [2.05, 4.69) is 10.6 Å². The van der Waals surface area contributed by atoms with Crippen molar-refractivity contribution in [1.29, 1.82) is 0 Å². The van der Waals surface area contributed by atoms with Gasteiger partial charge in [0.15, 0.2) is 0 Å². The fourth-order valence-electron chi connectivity index (χ4n) is 5.30. The van der Waals surface area contributed by atoms with Gasteiger partial charge in [-0.3, -0.25) is 9.59 Å². The molecule has 2 aliphatic rings. The summed E-state index contributed by atoms with van der Waals surface area (Å²) >= 11 is 0. The Morgan fingerprint density at radius 1 is 0.971 bits per heavy atom. The van der Waals surface area contributed by atoms with Crippen LogP contribution in [0.1, 0.15) is 49.1 Å². The van der Waals surface area contributed by atoms with Crippen LogP contribution < -0.4 is 10.6 Å². The maximum atomic E-state index is 12.8. The number of alkyl carbamates (subject to hydrolysis) is 1. The summed E-state index contributed by atoms with van der Waals surface area (Å²) in [6.07, 6.45) is 1.80. The maximum absolute atomic E-state index is 12.8. The number of benzene rings is 2. The average Bonchev–Trinajstić information content (AvgIpc) is 3.45. The molecule has 0 radical (unpaired) electrons. The molecule has 0 saturated heterocycles. The number of rotatable bonds is 10. The molecule has 0 bridgehead atoms. The van der Waals surface area contributed by atoms with E-state index in [0.29, 0.717) is 6.54 Å². The van der Waals surface area contributed by atoms with Gasteiger partial charge >= 0.3 is 12.1 Å². The zero-order valence-electron chi connectivity index (χ0n) is 19.6. The number of fused-ring (bicyclic) bond motifs is 3. The number of aliphatic hydroxyl groups is 1. The first kappa shape index (κ1) is 24.7. The van der Waals surface area contributed by atoms with E-state index in [-0.39, 0.29) is 43.8 Å². The van der Waals surface area contributed by atoms with Crippen molar-refractivity contribution in [2.45, 2.75) is 44.1 Å². The van der Waals surface area contributed by atoms with Crippen LogP contribution in [0.5, 0.6) is 0 Å². The summed E-state index contributed by atoms with van der Waals surface area (Å²) < 4.78 is 5.53. The number of aliphatic hydroxyl groups excluding tert-OH is 1. The largest absolute Gasteiger partial charge is 0.481 e. The van der Waals surface area contributed by atoms with Gasteiger partial charge in [0.25, 0.3) is 0 Å². The van der Waals surface area contributed by atoms with E-state index >= 15 is 0 Å². The first-order chi connectivity index (χ1) is 17.0. The Morgan fingerprint density at radius 2 is 1.60 bits per heavy atom. The van der Waals surface area contributed by atoms with Crippen molar-refractivity contribution in [3.05, 3.63) is 59.7 Å². The highest BCUT2D eigenvalue weighted by Gasteiger charge is 2.31. The molecule has 3 atom stereocenters. The van der Waals surface area contributed by atoms with Gasteiger partial charge in [-0.05, 0) is 53.4 Å². The molecule has 2 amide bonds. The highest BCUT2D eigenvalue weighted by Crippen LogP contribution is 2.44. The molecule has 0 aliphatic heterocycles. The first-order valence-corrected chi connectivity index (χ1v) is 12.2. The van der Waals surface area contributed by atoms with E-state index in [9.17, 15) is 19.5 Å². The van der Waals surface area contributed by atoms with Crippen LogP contribution in [0, 0.1) is 11.8 Å². The summed E-state index contributed by atoms with van der Waals surface area (Å²) in [5.74, 6) is -1.27. The highest BCUT2D eigenvalue weighted by atomic mass is 16.5. The van der Waals surface area contributed by atoms with Crippen molar-refractivity contribution < 1.29 is 29.3 Å². The number of ether oxygens (including phenoxy) is 1. The number of amides is 2. The molecule has 8 nitrogen and oxygen atoms in total. The monoisotopic (exact) mass is 480 g/mol. The molecule has 1 fully saturated rings. The van der Waals surface area contributed by atoms with Crippen molar-refractivity contribution in [2.75, 3.05) is 19.8 Å². The van der Waals surface area contributed by atoms with E-state index in [4.69, 9.17) is 9.84 Å². The Balaban J connectivity index is 1.36. The van der Waals surface area contributed by atoms with Gasteiger partial charge in [0.2, 0.25) is 5.91 Å². The number of carbonyl (C=O) groups excluding carboxylic acids is 2. The summed E-state index contributed by atoms with van der Waals surface area (Å²) in [7, 11) is 0. The summed E-state index contributed by atoms with van der Waals surface area (Å²) in [6, 6.07) is 15.0. The second-order valence-electron chi connectivity index (χ2n) is 9.33. The lowest BCUT2D eigenvalue weighted by molar-refractivity contribution is -0.137. The molecule has 2 aromatic rings. The van der Waals surface area contributed by atoms with Gasteiger partial charge in [0.1, 0.15) is 12.6 Å². The smallest absolute Gasteiger partial charge is 0.407 e. The Hall–Kier alpha value is -3.39. The molecule has 3 unspecified atom stereocenters. The van der Waals surface area contributed by atoms with Crippen LogP contribution in [-0.4, -0.2) is 54.0 Å². The van der Waals surface area contributed by atoms with Crippen LogP contribution in [-0.2, 0) is 14.3 Å². The van der Waals surface area contributed by atoms with Gasteiger partial charge in [0, 0.05) is 25.5 Å². The fourth-order valence-corrected chi connectivity index (χ4v) is 5.30. The van der Waals surface area contributed by atoms with E-state index in [1.165, 1.54) is 0 Å². The van der Waals surface area contributed by atoms with Crippen molar-refractivity contribution in [3.63, 3.8) is 0 Å². The molecule has 2 aliphatic carbocycles. The Bertz CT molecular complexity index is 1030. The second kappa shape index (κ2) is 11.4. The van der Waals surface area contributed by atoms with Crippen molar-refractivity contribution in [1.82, 2.24) is 10.6 Å². The summed E-state index contributed by atoms with van der Waals surface area (Å²) in [5, 5.41) is 24.0. The minimum atomic E-state index is -1.05. The van der Waals surface area contributed by atoms with Crippen molar-refractivity contribution >= 4 is 18.0 Å². The average molecular weight is 481 g/mol. The lowest BCUT2D eigenvalue weighted by atomic mass is 9.97. The van der Waals surface area contributed by atoms with Gasteiger partial charge in [-0.2, -0.15) is 0 Å². The van der Waals surface area contributed by atoms with Gasteiger partial charge in [-0.25, -0.2) is 4.79 Å². The molecule has 2 aromatic carbocycles. The van der Waals surface area contributed by atoms with Gasteiger partial charge in [-0.1, -0.05) is 55.0 Å².